The van der Waals surface area contributed by atoms with E-state index in [1.54, 1.807) is 18.3 Å². The minimum Gasteiger partial charge on any atom is -0.465 e. The van der Waals surface area contributed by atoms with Gasteiger partial charge < -0.3 is 10.1 Å². The smallest absolute Gasteiger partial charge is 0.337 e. The van der Waals surface area contributed by atoms with Crippen molar-refractivity contribution in [2.75, 3.05) is 12.4 Å². The zero-order valence-corrected chi connectivity index (χ0v) is 13.0. The van der Waals surface area contributed by atoms with Gasteiger partial charge in [0, 0.05) is 11.8 Å². The Morgan fingerprint density at radius 1 is 1.48 bits per heavy atom. The van der Waals surface area contributed by atoms with Crippen LogP contribution in [0.4, 0.5) is 5.82 Å². The fourth-order valence-electron chi connectivity index (χ4n) is 3.24. The Morgan fingerprint density at radius 3 is 3.09 bits per heavy atom. The monoisotopic (exact) mass is 310 g/mol. The third-order valence-electron chi connectivity index (χ3n) is 4.33. The van der Waals surface area contributed by atoms with E-state index in [9.17, 15) is 9.59 Å². The van der Waals surface area contributed by atoms with Gasteiger partial charge in [-0.05, 0) is 31.4 Å². The standard InChI is InChI=1S/C18H18N2O3/c1-12-10-13(16(21)23-2)6-3-4-8-18(11-12)14-7-5-9-19-15(14)20-17(18)22/h3,5-7,9-10H,1,4,8,11H2,2H3,(H,19,20,22)/b6-3-,13-10+/t18-/m1/s1. The lowest BCUT2D eigenvalue weighted by atomic mass is 9.73. The Hall–Kier alpha value is -2.69. The number of rotatable bonds is 1. The van der Waals surface area contributed by atoms with Crippen molar-refractivity contribution in [3.8, 4) is 0 Å². The lowest BCUT2D eigenvalue weighted by Crippen LogP contribution is -2.34. The second-order valence-corrected chi connectivity index (χ2v) is 5.80. The van der Waals surface area contributed by atoms with Gasteiger partial charge in [0.25, 0.3) is 0 Å². The van der Waals surface area contributed by atoms with Crippen molar-refractivity contribution < 1.29 is 14.3 Å². The topological polar surface area (TPSA) is 68.3 Å². The molecule has 5 nitrogen and oxygen atoms in total. The lowest BCUT2D eigenvalue weighted by molar-refractivity contribution is -0.135. The molecule has 0 unspecified atom stereocenters. The maximum absolute atomic E-state index is 12.7. The van der Waals surface area contributed by atoms with Crippen molar-refractivity contribution in [2.45, 2.75) is 24.7 Å². The molecule has 0 radical (unpaired) electrons. The summed E-state index contributed by atoms with van der Waals surface area (Å²) in [6.45, 7) is 4.03. The molecule has 1 N–H and O–H groups in total. The number of allylic oxidation sites excluding steroid dienone is 3. The maximum Gasteiger partial charge on any atom is 0.337 e. The number of hydrogen-bond donors (Lipinski definition) is 1. The zero-order chi connectivity index (χ0) is 16.4. The van der Waals surface area contributed by atoms with E-state index in [2.05, 4.69) is 16.9 Å². The third kappa shape index (κ3) is 2.59. The van der Waals surface area contributed by atoms with E-state index in [1.807, 2.05) is 18.2 Å². The zero-order valence-electron chi connectivity index (χ0n) is 13.0. The van der Waals surface area contributed by atoms with E-state index in [0.717, 1.165) is 5.56 Å². The Balaban J connectivity index is 2.02. The fourth-order valence-corrected chi connectivity index (χ4v) is 3.24. The first-order valence-corrected chi connectivity index (χ1v) is 7.48. The molecule has 0 saturated heterocycles. The molecule has 1 amide bonds. The SMILES string of the molecule is C=C1/C=C(C(=O)OC)\C=C/CC[C@]2(C1)C(=O)Nc1ncccc12. The number of nitrogens with zero attached hydrogens (tertiary/aromatic N) is 1. The number of ether oxygens (including phenoxy) is 1. The van der Waals surface area contributed by atoms with E-state index in [-0.39, 0.29) is 5.91 Å². The minimum atomic E-state index is -0.687. The van der Waals surface area contributed by atoms with E-state index < -0.39 is 11.4 Å². The summed E-state index contributed by atoms with van der Waals surface area (Å²) in [5.41, 5.74) is 1.37. The summed E-state index contributed by atoms with van der Waals surface area (Å²) in [4.78, 5) is 28.7. The van der Waals surface area contributed by atoms with Crippen LogP contribution in [0, 0.1) is 0 Å². The van der Waals surface area contributed by atoms with E-state index in [0.29, 0.717) is 36.2 Å². The van der Waals surface area contributed by atoms with Crippen molar-refractivity contribution in [1.29, 1.82) is 0 Å². The molecule has 1 spiro atoms. The number of nitrogens with one attached hydrogen (secondary N) is 1. The number of methoxy groups -OCH3 is 1. The lowest BCUT2D eigenvalue weighted by Gasteiger charge is -2.27. The van der Waals surface area contributed by atoms with Crippen molar-refractivity contribution in [2.24, 2.45) is 0 Å². The van der Waals surface area contributed by atoms with Crippen LogP contribution in [0.5, 0.6) is 0 Å². The van der Waals surface area contributed by atoms with Gasteiger partial charge in [-0.2, -0.15) is 0 Å². The van der Waals surface area contributed by atoms with Crippen LogP contribution in [0.25, 0.3) is 0 Å². The molecular weight excluding hydrogens is 292 g/mol. The molecule has 3 rings (SSSR count). The Kier molecular flexibility index (Phi) is 3.86. The number of hydrogen-bond acceptors (Lipinski definition) is 4. The summed E-state index contributed by atoms with van der Waals surface area (Å²) in [7, 11) is 1.35. The highest BCUT2D eigenvalue weighted by molar-refractivity contribution is 6.05. The predicted octanol–water partition coefficient (Wildman–Crippen LogP) is 2.67. The molecule has 1 aliphatic carbocycles. The number of esters is 1. The number of amides is 1. The quantitative estimate of drug-likeness (QED) is 0.810. The van der Waals surface area contributed by atoms with Gasteiger partial charge in [-0.15, -0.1) is 0 Å². The molecule has 1 aliphatic heterocycles. The van der Waals surface area contributed by atoms with Gasteiger partial charge in [0.1, 0.15) is 5.82 Å². The van der Waals surface area contributed by atoms with Crippen LogP contribution in [0.2, 0.25) is 0 Å². The molecule has 118 valence electrons. The molecule has 1 atom stereocenters. The number of aromatic nitrogens is 1. The number of fused-ring (bicyclic) bond motifs is 2. The summed E-state index contributed by atoms with van der Waals surface area (Å²) in [6, 6.07) is 3.77. The highest BCUT2D eigenvalue weighted by atomic mass is 16.5. The maximum atomic E-state index is 12.7. The van der Waals surface area contributed by atoms with Crippen molar-refractivity contribution in [3.05, 3.63) is 59.8 Å². The van der Waals surface area contributed by atoms with Gasteiger partial charge in [0.15, 0.2) is 0 Å². The highest BCUT2D eigenvalue weighted by Gasteiger charge is 2.46. The molecular formula is C18H18N2O3. The van der Waals surface area contributed by atoms with Crippen LogP contribution in [0.3, 0.4) is 0 Å². The van der Waals surface area contributed by atoms with Crippen molar-refractivity contribution in [1.82, 2.24) is 4.98 Å². The first-order valence-electron chi connectivity index (χ1n) is 7.48. The molecule has 0 saturated carbocycles. The normalized spacial score (nSPS) is 27.1. The van der Waals surface area contributed by atoms with Crippen molar-refractivity contribution in [3.63, 3.8) is 0 Å². The second-order valence-electron chi connectivity index (χ2n) is 5.80. The van der Waals surface area contributed by atoms with Crippen LogP contribution in [0.15, 0.2) is 54.3 Å². The summed E-state index contributed by atoms with van der Waals surface area (Å²) in [5, 5.41) is 2.86. The molecule has 0 fully saturated rings. The van der Waals surface area contributed by atoms with Gasteiger partial charge in [-0.25, -0.2) is 9.78 Å². The average Bonchev–Trinajstić information content (AvgIpc) is 2.85. The van der Waals surface area contributed by atoms with Crippen molar-refractivity contribution >= 4 is 17.7 Å². The van der Waals surface area contributed by atoms with E-state index in [1.165, 1.54) is 7.11 Å². The predicted molar refractivity (Wildman–Crippen MR) is 86.8 cm³/mol. The number of carbonyl (C=O) groups excluding carboxylic acids is 2. The van der Waals surface area contributed by atoms with Gasteiger partial charge in [0.2, 0.25) is 5.91 Å². The Bertz CT molecular complexity index is 748. The summed E-state index contributed by atoms with van der Waals surface area (Å²) in [5.74, 6) is 0.151. The molecule has 0 bridgehead atoms. The van der Waals surface area contributed by atoms with Crippen LogP contribution in [0.1, 0.15) is 24.8 Å². The first-order chi connectivity index (χ1) is 11.1. The minimum absolute atomic E-state index is 0.0596. The van der Waals surface area contributed by atoms with Crippen LogP contribution in [-0.2, 0) is 19.7 Å². The van der Waals surface area contributed by atoms with E-state index >= 15 is 0 Å². The summed E-state index contributed by atoms with van der Waals surface area (Å²) >= 11 is 0. The number of anilines is 1. The second kappa shape index (κ2) is 5.83. The van der Waals surface area contributed by atoms with Gasteiger partial charge in [0.05, 0.1) is 18.1 Å². The van der Waals surface area contributed by atoms with Gasteiger partial charge in [-0.1, -0.05) is 30.4 Å². The Morgan fingerprint density at radius 2 is 2.30 bits per heavy atom. The highest BCUT2D eigenvalue weighted by Crippen LogP contribution is 2.44. The third-order valence-corrected chi connectivity index (χ3v) is 4.33. The number of pyridine rings is 1. The summed E-state index contributed by atoms with van der Waals surface area (Å²) < 4.78 is 4.78. The van der Waals surface area contributed by atoms with Gasteiger partial charge >= 0.3 is 5.97 Å². The largest absolute Gasteiger partial charge is 0.465 e. The van der Waals surface area contributed by atoms with E-state index in [4.69, 9.17) is 4.74 Å². The molecule has 23 heavy (non-hydrogen) atoms. The first kappa shape index (κ1) is 15.2. The Labute approximate surface area is 134 Å². The van der Waals surface area contributed by atoms with Crippen LogP contribution >= 0.6 is 0 Å². The fraction of sp³-hybridized carbons (Fsp3) is 0.278. The molecule has 0 aromatic carbocycles. The molecule has 1 aromatic heterocycles. The van der Waals surface area contributed by atoms with Gasteiger partial charge in [-0.3, -0.25) is 4.79 Å². The average molecular weight is 310 g/mol. The van der Waals surface area contributed by atoms with Crippen LogP contribution < -0.4 is 5.32 Å². The molecule has 2 heterocycles. The molecule has 5 heteroatoms. The van der Waals surface area contributed by atoms with Crippen LogP contribution in [-0.4, -0.2) is 24.0 Å². The molecule has 2 aliphatic rings. The number of carbonyl (C=O) groups is 2. The molecule has 1 aromatic rings. The summed E-state index contributed by atoms with van der Waals surface area (Å²) in [6.07, 6.45) is 8.73.